The number of hydrogen-bond acceptors (Lipinski definition) is 3. The molecule has 0 aliphatic carbocycles. The van der Waals surface area contributed by atoms with E-state index in [9.17, 15) is 4.39 Å². The van der Waals surface area contributed by atoms with E-state index >= 15 is 0 Å². The minimum absolute atomic E-state index is 0.0486. The average Bonchev–Trinajstić information content (AvgIpc) is 2.01. The number of hydrogen-bond donors (Lipinski definition) is 2. The Morgan fingerprint density at radius 1 is 1.50 bits per heavy atom. The molecule has 0 aliphatic rings. The first-order valence-electron chi connectivity index (χ1n) is 4.04. The molecular weight excluding hydrogens is 201 g/mol. The summed E-state index contributed by atoms with van der Waals surface area (Å²) in [5.74, 6) is -0.413. The number of anilines is 1. The van der Waals surface area contributed by atoms with Gasteiger partial charge in [-0.25, -0.2) is 9.40 Å². The standard InChI is InChI=1S/C9H12FN3S/c1-13(2)12-7-5-3-4-6(10)8(7)9(11)14/h3-5,12H,1-2H3,(H2,11,14). The maximum absolute atomic E-state index is 13.3. The summed E-state index contributed by atoms with van der Waals surface area (Å²) in [5.41, 5.74) is 9.16. The smallest absolute Gasteiger partial charge is 0.135 e. The van der Waals surface area contributed by atoms with Crippen LogP contribution in [0.4, 0.5) is 10.1 Å². The molecule has 14 heavy (non-hydrogen) atoms. The van der Waals surface area contributed by atoms with Gasteiger partial charge in [0.25, 0.3) is 0 Å². The molecule has 0 atom stereocenters. The normalized spacial score (nSPS) is 10.3. The molecule has 3 N–H and O–H groups in total. The van der Waals surface area contributed by atoms with E-state index in [0.29, 0.717) is 5.69 Å². The molecule has 76 valence electrons. The van der Waals surface area contributed by atoms with Gasteiger partial charge in [0.2, 0.25) is 0 Å². The maximum Gasteiger partial charge on any atom is 0.135 e. The number of rotatable bonds is 3. The molecule has 1 rings (SSSR count). The number of hydrazine groups is 1. The van der Waals surface area contributed by atoms with Crippen LogP contribution in [0.3, 0.4) is 0 Å². The second kappa shape index (κ2) is 4.34. The van der Waals surface area contributed by atoms with Crippen molar-refractivity contribution >= 4 is 22.9 Å². The molecule has 5 heteroatoms. The first-order chi connectivity index (χ1) is 6.52. The van der Waals surface area contributed by atoms with Crippen LogP contribution in [0.15, 0.2) is 18.2 Å². The molecule has 0 fully saturated rings. The van der Waals surface area contributed by atoms with E-state index in [0.717, 1.165) is 0 Å². The Balaban J connectivity index is 3.14. The molecule has 0 spiro atoms. The molecule has 1 aromatic rings. The van der Waals surface area contributed by atoms with Crippen molar-refractivity contribution in [1.82, 2.24) is 5.01 Å². The van der Waals surface area contributed by atoms with Crippen LogP contribution in [0.2, 0.25) is 0 Å². The van der Waals surface area contributed by atoms with Gasteiger partial charge in [-0.2, -0.15) is 0 Å². The van der Waals surface area contributed by atoms with Crippen LogP contribution in [-0.2, 0) is 0 Å². The average molecular weight is 213 g/mol. The van der Waals surface area contributed by atoms with Gasteiger partial charge in [-0.3, -0.25) is 0 Å². The third-order valence-corrected chi connectivity index (χ3v) is 1.81. The summed E-state index contributed by atoms with van der Waals surface area (Å²) in [6.07, 6.45) is 0. The summed E-state index contributed by atoms with van der Waals surface area (Å²) in [7, 11) is 3.60. The fourth-order valence-corrected chi connectivity index (χ4v) is 1.32. The number of halogens is 1. The van der Waals surface area contributed by atoms with Gasteiger partial charge in [0, 0.05) is 14.1 Å². The lowest BCUT2D eigenvalue weighted by atomic mass is 10.1. The topological polar surface area (TPSA) is 41.3 Å². The first kappa shape index (κ1) is 10.9. The molecule has 0 radical (unpaired) electrons. The zero-order valence-corrected chi connectivity index (χ0v) is 8.86. The van der Waals surface area contributed by atoms with E-state index in [2.05, 4.69) is 5.43 Å². The molecule has 1 aromatic carbocycles. The molecule has 0 saturated carbocycles. The number of thiocarbonyl (C=S) groups is 1. The third kappa shape index (κ3) is 2.40. The summed E-state index contributed by atoms with van der Waals surface area (Å²) in [5, 5.41) is 1.69. The molecule has 0 unspecified atom stereocenters. The van der Waals surface area contributed by atoms with Crippen molar-refractivity contribution in [2.75, 3.05) is 19.5 Å². The molecule has 0 amide bonds. The van der Waals surface area contributed by atoms with Gasteiger partial charge in [0.1, 0.15) is 10.8 Å². The Morgan fingerprint density at radius 3 is 2.64 bits per heavy atom. The number of benzene rings is 1. The van der Waals surface area contributed by atoms with E-state index < -0.39 is 5.82 Å². The highest BCUT2D eigenvalue weighted by Crippen LogP contribution is 2.18. The predicted octanol–water partition coefficient (Wildman–Crippen LogP) is 1.35. The van der Waals surface area contributed by atoms with Gasteiger partial charge in [-0.15, -0.1) is 0 Å². The third-order valence-electron chi connectivity index (χ3n) is 1.60. The lowest BCUT2D eigenvalue weighted by Gasteiger charge is -2.16. The van der Waals surface area contributed by atoms with Gasteiger partial charge < -0.3 is 11.2 Å². The summed E-state index contributed by atoms with van der Waals surface area (Å²) in [4.78, 5) is 0.0486. The summed E-state index contributed by atoms with van der Waals surface area (Å²) >= 11 is 4.77. The summed E-state index contributed by atoms with van der Waals surface area (Å²) in [6, 6.07) is 4.65. The van der Waals surface area contributed by atoms with Crippen LogP contribution < -0.4 is 11.2 Å². The molecule has 0 bridgehead atoms. The largest absolute Gasteiger partial charge is 0.389 e. The second-order valence-corrected chi connectivity index (χ2v) is 3.47. The lowest BCUT2D eigenvalue weighted by Crippen LogP contribution is -2.23. The molecule has 0 aliphatic heterocycles. The summed E-state index contributed by atoms with van der Waals surface area (Å²) < 4.78 is 13.3. The van der Waals surface area contributed by atoms with Crippen molar-refractivity contribution in [3.05, 3.63) is 29.6 Å². The van der Waals surface area contributed by atoms with Gasteiger partial charge >= 0.3 is 0 Å². The quantitative estimate of drug-likeness (QED) is 0.587. The summed E-state index contributed by atoms with van der Waals surface area (Å²) in [6.45, 7) is 0. The second-order valence-electron chi connectivity index (χ2n) is 3.03. The number of nitrogens with one attached hydrogen (secondary N) is 1. The van der Waals surface area contributed by atoms with E-state index in [1.165, 1.54) is 6.07 Å². The highest BCUT2D eigenvalue weighted by atomic mass is 32.1. The molecule has 0 saturated heterocycles. The van der Waals surface area contributed by atoms with Crippen molar-refractivity contribution in [2.24, 2.45) is 5.73 Å². The minimum Gasteiger partial charge on any atom is -0.389 e. The van der Waals surface area contributed by atoms with Crippen LogP contribution in [-0.4, -0.2) is 24.1 Å². The Bertz CT molecular complexity index is 352. The zero-order valence-electron chi connectivity index (χ0n) is 8.04. The van der Waals surface area contributed by atoms with Gasteiger partial charge in [-0.05, 0) is 12.1 Å². The van der Waals surface area contributed by atoms with Gasteiger partial charge in [0.05, 0.1) is 11.3 Å². The highest BCUT2D eigenvalue weighted by Gasteiger charge is 2.10. The van der Waals surface area contributed by atoms with Crippen LogP contribution in [0.1, 0.15) is 5.56 Å². The van der Waals surface area contributed by atoms with Gasteiger partial charge in [0.15, 0.2) is 0 Å². The van der Waals surface area contributed by atoms with E-state index in [1.807, 2.05) is 0 Å². The van der Waals surface area contributed by atoms with Crippen LogP contribution >= 0.6 is 12.2 Å². The molecular formula is C9H12FN3S. The molecule has 0 heterocycles. The van der Waals surface area contributed by atoms with Crippen LogP contribution in [0.5, 0.6) is 0 Å². The first-order valence-corrected chi connectivity index (χ1v) is 4.45. The van der Waals surface area contributed by atoms with Crippen molar-refractivity contribution in [2.45, 2.75) is 0 Å². The van der Waals surface area contributed by atoms with E-state index in [1.54, 1.807) is 31.2 Å². The van der Waals surface area contributed by atoms with Gasteiger partial charge in [-0.1, -0.05) is 18.3 Å². The van der Waals surface area contributed by atoms with Crippen molar-refractivity contribution in [3.63, 3.8) is 0 Å². The Morgan fingerprint density at radius 2 is 2.14 bits per heavy atom. The maximum atomic E-state index is 13.3. The van der Waals surface area contributed by atoms with Crippen molar-refractivity contribution in [1.29, 1.82) is 0 Å². The lowest BCUT2D eigenvalue weighted by molar-refractivity contribution is 0.494. The minimum atomic E-state index is -0.413. The fraction of sp³-hybridized carbons (Fsp3) is 0.222. The van der Waals surface area contributed by atoms with E-state index in [4.69, 9.17) is 18.0 Å². The Kier molecular flexibility index (Phi) is 3.38. The Labute approximate surface area is 87.7 Å². The fourth-order valence-electron chi connectivity index (χ4n) is 1.11. The Hall–Kier alpha value is -1.20. The van der Waals surface area contributed by atoms with E-state index in [-0.39, 0.29) is 10.6 Å². The molecule has 3 nitrogen and oxygen atoms in total. The number of nitrogens with two attached hydrogens (primary N) is 1. The van der Waals surface area contributed by atoms with Crippen LogP contribution in [0.25, 0.3) is 0 Å². The highest BCUT2D eigenvalue weighted by molar-refractivity contribution is 7.80. The predicted molar refractivity (Wildman–Crippen MR) is 59.6 cm³/mol. The van der Waals surface area contributed by atoms with Crippen molar-refractivity contribution < 1.29 is 4.39 Å². The molecule has 0 aromatic heterocycles. The van der Waals surface area contributed by atoms with Crippen LogP contribution in [0, 0.1) is 5.82 Å². The zero-order chi connectivity index (χ0) is 10.7. The monoisotopic (exact) mass is 213 g/mol. The van der Waals surface area contributed by atoms with Crippen molar-refractivity contribution in [3.8, 4) is 0 Å². The number of nitrogens with zero attached hydrogens (tertiary/aromatic N) is 1. The SMILES string of the molecule is CN(C)Nc1cccc(F)c1C(N)=S.